The normalized spacial score (nSPS) is 10.4. The van der Waals surface area contributed by atoms with E-state index in [1.54, 1.807) is 6.33 Å². The minimum absolute atomic E-state index is 0.0828. The molecule has 0 aromatic carbocycles. The number of rotatable bonds is 5. The molecule has 8 heteroatoms. The van der Waals surface area contributed by atoms with Crippen molar-refractivity contribution in [2.75, 3.05) is 5.32 Å². The average molecular weight is 282 g/mol. The monoisotopic (exact) mass is 281 g/mol. The number of aryl methyl sites for hydroxylation is 1. The van der Waals surface area contributed by atoms with Gasteiger partial charge >= 0.3 is 5.97 Å². The first kappa shape index (κ1) is 13.3. The van der Waals surface area contributed by atoms with Crippen LogP contribution in [0.15, 0.2) is 18.5 Å². The summed E-state index contributed by atoms with van der Waals surface area (Å²) in [5, 5.41) is 19.8. The number of aromatic nitrogens is 4. The summed E-state index contributed by atoms with van der Waals surface area (Å²) in [6, 6.07) is 2.71. The van der Waals surface area contributed by atoms with Gasteiger partial charge < -0.3 is 15.0 Å². The third kappa shape index (κ3) is 3.19. The van der Waals surface area contributed by atoms with Crippen LogP contribution in [0, 0.1) is 0 Å². The summed E-state index contributed by atoms with van der Waals surface area (Å²) in [6.07, 6.45) is 1.63. The fourth-order valence-corrected chi connectivity index (χ4v) is 1.77. The molecule has 2 aromatic rings. The van der Waals surface area contributed by atoms with Crippen molar-refractivity contribution < 1.29 is 9.90 Å². The van der Waals surface area contributed by atoms with Crippen LogP contribution in [0.5, 0.6) is 0 Å². The molecule has 0 unspecified atom stereocenters. The zero-order chi connectivity index (χ0) is 13.8. The molecule has 0 atom stereocenters. The molecule has 19 heavy (non-hydrogen) atoms. The number of pyridine rings is 1. The van der Waals surface area contributed by atoms with Gasteiger partial charge in [-0.25, -0.2) is 9.78 Å². The highest BCUT2D eigenvalue weighted by atomic mass is 35.5. The maximum absolute atomic E-state index is 10.9. The highest BCUT2D eigenvalue weighted by Crippen LogP contribution is 2.15. The van der Waals surface area contributed by atoms with Gasteiger partial charge in [0, 0.05) is 6.54 Å². The number of carbonyl (C=O) groups is 1. The molecule has 0 saturated carbocycles. The van der Waals surface area contributed by atoms with Gasteiger partial charge in [0.2, 0.25) is 0 Å². The van der Waals surface area contributed by atoms with Crippen LogP contribution >= 0.6 is 11.6 Å². The molecule has 0 saturated heterocycles. The number of carboxylic acids is 1. The number of carboxylic acid groups (broad SMARTS) is 1. The van der Waals surface area contributed by atoms with Crippen molar-refractivity contribution in [3.05, 3.63) is 35.0 Å². The van der Waals surface area contributed by atoms with Gasteiger partial charge in [-0.1, -0.05) is 11.6 Å². The number of nitrogens with zero attached hydrogens (tertiary/aromatic N) is 4. The molecule has 7 nitrogen and oxygen atoms in total. The third-order valence-corrected chi connectivity index (χ3v) is 2.70. The van der Waals surface area contributed by atoms with E-state index in [1.165, 1.54) is 12.1 Å². The molecule has 0 radical (unpaired) electrons. The molecule has 2 aromatic heterocycles. The molecule has 2 N–H and O–H groups in total. The summed E-state index contributed by atoms with van der Waals surface area (Å²) >= 11 is 5.77. The summed E-state index contributed by atoms with van der Waals surface area (Å²) in [5.41, 5.74) is 0.0828. The van der Waals surface area contributed by atoms with E-state index in [0.29, 0.717) is 12.4 Å². The summed E-state index contributed by atoms with van der Waals surface area (Å²) in [4.78, 5) is 14.9. The number of halogens is 1. The van der Waals surface area contributed by atoms with Crippen LogP contribution in [0.3, 0.4) is 0 Å². The Morgan fingerprint density at radius 3 is 3.00 bits per heavy atom. The highest BCUT2D eigenvalue weighted by molar-refractivity contribution is 6.29. The Kier molecular flexibility index (Phi) is 3.96. The van der Waals surface area contributed by atoms with E-state index >= 15 is 0 Å². The molecule has 0 amide bonds. The van der Waals surface area contributed by atoms with Crippen molar-refractivity contribution in [2.45, 2.75) is 20.0 Å². The standard InChI is InChI=1S/C11H12ClN5O2/c1-2-17-6-14-16-10(17)5-13-9-4-7(11(18)19)3-8(12)15-9/h3-4,6H,2,5H2,1H3,(H,13,15)(H,18,19). The van der Waals surface area contributed by atoms with E-state index in [1.807, 2.05) is 11.5 Å². The fraction of sp³-hybridized carbons (Fsp3) is 0.273. The summed E-state index contributed by atoms with van der Waals surface area (Å²) in [6.45, 7) is 3.13. The van der Waals surface area contributed by atoms with Crippen LogP contribution in [0.4, 0.5) is 5.82 Å². The predicted octanol–water partition coefficient (Wildman–Crippen LogP) is 1.66. The predicted molar refractivity (Wildman–Crippen MR) is 69.2 cm³/mol. The van der Waals surface area contributed by atoms with Crippen molar-refractivity contribution in [1.29, 1.82) is 0 Å². The first-order valence-corrected chi connectivity index (χ1v) is 5.99. The number of hydrogen-bond donors (Lipinski definition) is 2. The first-order chi connectivity index (χ1) is 9.10. The molecular formula is C11H12ClN5O2. The van der Waals surface area contributed by atoms with Crippen LogP contribution in [-0.2, 0) is 13.1 Å². The van der Waals surface area contributed by atoms with Gasteiger partial charge in [-0.3, -0.25) is 0 Å². The van der Waals surface area contributed by atoms with E-state index in [9.17, 15) is 4.79 Å². The van der Waals surface area contributed by atoms with Gasteiger partial charge in [0.05, 0.1) is 12.1 Å². The number of hydrogen-bond acceptors (Lipinski definition) is 5. The Morgan fingerprint density at radius 2 is 2.32 bits per heavy atom. The smallest absolute Gasteiger partial charge is 0.335 e. The number of nitrogens with one attached hydrogen (secondary N) is 1. The molecule has 2 rings (SSSR count). The Balaban J connectivity index is 2.13. The summed E-state index contributed by atoms with van der Waals surface area (Å²) in [7, 11) is 0. The Labute approximate surface area is 114 Å². The molecule has 2 heterocycles. The van der Waals surface area contributed by atoms with E-state index in [2.05, 4.69) is 20.5 Å². The van der Waals surface area contributed by atoms with Crippen LogP contribution in [0.1, 0.15) is 23.1 Å². The second kappa shape index (κ2) is 5.66. The number of aromatic carboxylic acids is 1. The number of anilines is 1. The largest absolute Gasteiger partial charge is 0.478 e. The minimum atomic E-state index is -1.05. The van der Waals surface area contributed by atoms with E-state index in [4.69, 9.17) is 16.7 Å². The molecule has 0 fully saturated rings. The van der Waals surface area contributed by atoms with Gasteiger partial charge in [-0.2, -0.15) is 0 Å². The van der Waals surface area contributed by atoms with Gasteiger partial charge in [-0.15, -0.1) is 10.2 Å². The quantitative estimate of drug-likeness (QED) is 0.810. The second-order valence-corrected chi connectivity index (χ2v) is 4.14. The molecule has 100 valence electrons. The molecule has 0 aliphatic rings. The maximum atomic E-state index is 10.9. The second-order valence-electron chi connectivity index (χ2n) is 3.76. The van der Waals surface area contributed by atoms with Crippen LogP contribution in [0.2, 0.25) is 5.15 Å². The van der Waals surface area contributed by atoms with Gasteiger partial charge in [-0.05, 0) is 19.1 Å². The molecular weight excluding hydrogens is 270 g/mol. The van der Waals surface area contributed by atoms with Crippen molar-refractivity contribution in [3.63, 3.8) is 0 Å². The van der Waals surface area contributed by atoms with Crippen molar-refractivity contribution in [1.82, 2.24) is 19.7 Å². The van der Waals surface area contributed by atoms with E-state index < -0.39 is 5.97 Å². The van der Waals surface area contributed by atoms with Crippen molar-refractivity contribution in [2.24, 2.45) is 0 Å². The minimum Gasteiger partial charge on any atom is -0.478 e. The summed E-state index contributed by atoms with van der Waals surface area (Å²) < 4.78 is 1.87. The molecule has 0 spiro atoms. The van der Waals surface area contributed by atoms with Crippen molar-refractivity contribution in [3.8, 4) is 0 Å². The fourth-order valence-electron chi connectivity index (χ4n) is 1.56. The third-order valence-electron chi connectivity index (χ3n) is 2.51. The lowest BCUT2D eigenvalue weighted by atomic mass is 10.2. The SMILES string of the molecule is CCn1cnnc1CNc1cc(C(=O)O)cc(Cl)n1. The van der Waals surface area contributed by atoms with Gasteiger partial charge in [0.15, 0.2) is 5.82 Å². The van der Waals surface area contributed by atoms with Gasteiger partial charge in [0.25, 0.3) is 0 Å². The van der Waals surface area contributed by atoms with Crippen LogP contribution < -0.4 is 5.32 Å². The Hall–Kier alpha value is -2.15. The topological polar surface area (TPSA) is 92.9 Å². The van der Waals surface area contributed by atoms with Crippen LogP contribution in [-0.4, -0.2) is 30.8 Å². The average Bonchev–Trinajstić information content (AvgIpc) is 2.83. The molecule has 0 aliphatic heterocycles. The lowest BCUT2D eigenvalue weighted by Crippen LogP contribution is -2.09. The Morgan fingerprint density at radius 1 is 1.53 bits per heavy atom. The van der Waals surface area contributed by atoms with Gasteiger partial charge in [0.1, 0.15) is 17.3 Å². The zero-order valence-corrected chi connectivity index (χ0v) is 10.9. The maximum Gasteiger partial charge on any atom is 0.335 e. The summed E-state index contributed by atoms with van der Waals surface area (Å²) in [5.74, 6) is 0.0702. The lowest BCUT2D eigenvalue weighted by molar-refractivity contribution is 0.0697. The highest BCUT2D eigenvalue weighted by Gasteiger charge is 2.08. The van der Waals surface area contributed by atoms with Crippen molar-refractivity contribution >= 4 is 23.4 Å². The molecule has 0 aliphatic carbocycles. The first-order valence-electron chi connectivity index (χ1n) is 5.61. The zero-order valence-electron chi connectivity index (χ0n) is 10.2. The molecule has 0 bridgehead atoms. The lowest BCUT2D eigenvalue weighted by Gasteiger charge is -2.07. The van der Waals surface area contributed by atoms with E-state index in [-0.39, 0.29) is 10.7 Å². The Bertz CT molecular complexity index is 599. The van der Waals surface area contributed by atoms with Crippen LogP contribution in [0.25, 0.3) is 0 Å². The van der Waals surface area contributed by atoms with E-state index in [0.717, 1.165) is 12.4 Å².